The summed E-state index contributed by atoms with van der Waals surface area (Å²) in [5.74, 6) is -1.40. The van der Waals surface area contributed by atoms with Gasteiger partial charge in [0.2, 0.25) is 0 Å². The number of hydrogen-bond acceptors (Lipinski definition) is 4. The molecule has 94 valence electrons. The van der Waals surface area contributed by atoms with E-state index < -0.39 is 11.9 Å². The van der Waals surface area contributed by atoms with Crippen molar-refractivity contribution >= 4 is 29.9 Å². The van der Waals surface area contributed by atoms with Gasteiger partial charge in [-0.3, -0.25) is 4.99 Å². The number of aliphatic carboxylic acids is 2. The van der Waals surface area contributed by atoms with Crippen LogP contribution in [0.2, 0.25) is 0 Å². The van der Waals surface area contributed by atoms with Gasteiger partial charge in [0.05, 0.1) is 0 Å². The standard InChI is InChI=1S/C8H7NS.C4H4O4/c1-4-9-5-2-8-7(1)3-6-10-8;5-3(6)1-2-4(7)8/h1-5H,6H2;1-2H,(H,5,6)(H,7,8)/b;2-1+. The molecule has 0 atom stereocenters. The highest BCUT2D eigenvalue weighted by Gasteiger charge is 2.08. The number of thioether (sulfide) groups is 1. The predicted molar refractivity (Wildman–Crippen MR) is 70.7 cm³/mol. The molecule has 6 heteroatoms. The van der Waals surface area contributed by atoms with Gasteiger partial charge in [0.15, 0.2) is 0 Å². The Balaban J connectivity index is 0.000000187. The monoisotopic (exact) mass is 265 g/mol. The van der Waals surface area contributed by atoms with Gasteiger partial charge in [0, 0.05) is 35.2 Å². The number of nitrogens with zero attached hydrogens (tertiary/aromatic N) is 1. The molecule has 0 unspecified atom stereocenters. The first-order valence-corrected chi connectivity index (χ1v) is 5.95. The Morgan fingerprint density at radius 1 is 1.28 bits per heavy atom. The third-order valence-electron chi connectivity index (χ3n) is 1.85. The van der Waals surface area contributed by atoms with E-state index in [-0.39, 0.29) is 0 Å². The zero-order chi connectivity index (χ0) is 13.4. The Morgan fingerprint density at radius 2 is 1.94 bits per heavy atom. The molecule has 0 aliphatic carbocycles. The van der Waals surface area contributed by atoms with Crippen LogP contribution in [-0.4, -0.2) is 34.1 Å². The lowest BCUT2D eigenvalue weighted by molar-refractivity contribution is -0.134. The minimum absolute atomic E-state index is 0.558. The van der Waals surface area contributed by atoms with E-state index in [1.54, 1.807) is 0 Å². The van der Waals surface area contributed by atoms with Crippen molar-refractivity contribution in [2.75, 3.05) is 5.75 Å². The molecule has 0 bridgehead atoms. The average Bonchev–Trinajstić information content (AvgIpc) is 2.64. The summed E-state index contributed by atoms with van der Waals surface area (Å²) >= 11 is 1.87. The van der Waals surface area contributed by atoms with Gasteiger partial charge in [-0.15, -0.1) is 11.8 Å². The first kappa shape index (κ1) is 14.0. The lowest BCUT2D eigenvalue weighted by Gasteiger charge is -1.92. The highest BCUT2D eigenvalue weighted by atomic mass is 32.2. The lowest BCUT2D eigenvalue weighted by Crippen LogP contribution is -1.91. The fourth-order valence-corrected chi connectivity index (χ4v) is 2.04. The highest BCUT2D eigenvalue weighted by Crippen LogP contribution is 2.31. The Hall–Kier alpha value is -2.08. The van der Waals surface area contributed by atoms with Crippen molar-refractivity contribution in [2.24, 2.45) is 4.99 Å². The van der Waals surface area contributed by atoms with E-state index in [9.17, 15) is 9.59 Å². The van der Waals surface area contributed by atoms with Crippen LogP contribution in [0.3, 0.4) is 0 Å². The Labute approximate surface area is 108 Å². The summed E-state index contributed by atoms with van der Waals surface area (Å²) < 4.78 is 0. The second kappa shape index (κ2) is 7.29. The van der Waals surface area contributed by atoms with Crippen LogP contribution < -0.4 is 0 Å². The molecule has 0 aromatic heterocycles. The van der Waals surface area contributed by atoms with Crippen molar-refractivity contribution in [3.8, 4) is 0 Å². The maximum Gasteiger partial charge on any atom is 0.328 e. The fourth-order valence-electron chi connectivity index (χ4n) is 1.13. The fraction of sp³-hybridized carbons (Fsp3) is 0.0833. The number of aliphatic imine (C=N–C) groups is 1. The molecule has 2 heterocycles. The van der Waals surface area contributed by atoms with E-state index >= 15 is 0 Å². The van der Waals surface area contributed by atoms with Gasteiger partial charge in [0.25, 0.3) is 0 Å². The first-order valence-electron chi connectivity index (χ1n) is 4.97. The summed E-state index contributed by atoms with van der Waals surface area (Å²) in [7, 11) is 0. The van der Waals surface area contributed by atoms with Crippen LogP contribution in [0.4, 0.5) is 0 Å². The summed E-state index contributed by atoms with van der Waals surface area (Å²) in [4.78, 5) is 24.5. The van der Waals surface area contributed by atoms with Crippen LogP contribution in [0.15, 0.2) is 52.1 Å². The van der Waals surface area contributed by atoms with Gasteiger partial charge < -0.3 is 10.2 Å². The number of hydrogen-bond donors (Lipinski definition) is 2. The number of rotatable bonds is 2. The van der Waals surface area contributed by atoms with Crippen LogP contribution in [-0.2, 0) is 9.59 Å². The molecule has 0 aromatic rings. The molecule has 0 saturated heterocycles. The molecule has 0 radical (unpaired) electrons. The predicted octanol–water partition coefficient (Wildman–Crippen LogP) is 1.85. The third-order valence-corrected chi connectivity index (χ3v) is 2.86. The summed E-state index contributed by atoms with van der Waals surface area (Å²) in [5, 5.41) is 15.6. The molecular weight excluding hydrogens is 254 g/mol. The van der Waals surface area contributed by atoms with E-state index in [0.29, 0.717) is 12.2 Å². The number of allylic oxidation sites excluding steroid dienone is 3. The number of carboxylic acids is 2. The van der Waals surface area contributed by atoms with Crippen molar-refractivity contribution in [1.29, 1.82) is 0 Å². The summed E-state index contributed by atoms with van der Waals surface area (Å²) in [5.41, 5.74) is 1.32. The molecule has 2 aliphatic rings. The Morgan fingerprint density at radius 3 is 2.56 bits per heavy atom. The van der Waals surface area contributed by atoms with Crippen molar-refractivity contribution < 1.29 is 19.8 Å². The molecule has 0 spiro atoms. The van der Waals surface area contributed by atoms with Crippen molar-refractivity contribution in [3.05, 3.63) is 47.1 Å². The minimum Gasteiger partial charge on any atom is -0.478 e. The third kappa shape index (κ3) is 5.31. The second-order valence-electron chi connectivity index (χ2n) is 3.13. The van der Waals surface area contributed by atoms with Crippen LogP contribution in [0.5, 0.6) is 0 Å². The number of carbonyl (C=O) groups is 2. The van der Waals surface area contributed by atoms with E-state index in [1.165, 1.54) is 10.5 Å². The average molecular weight is 265 g/mol. The van der Waals surface area contributed by atoms with Crippen LogP contribution >= 0.6 is 11.8 Å². The van der Waals surface area contributed by atoms with Crippen LogP contribution in [0.25, 0.3) is 0 Å². The van der Waals surface area contributed by atoms with Crippen LogP contribution in [0.1, 0.15) is 0 Å². The quantitative estimate of drug-likeness (QED) is 0.744. The number of carboxylic acid groups (broad SMARTS) is 2. The molecule has 5 nitrogen and oxygen atoms in total. The topological polar surface area (TPSA) is 87.0 Å². The maximum atomic E-state index is 9.55. The minimum atomic E-state index is -1.26. The normalized spacial score (nSPS) is 16.2. The largest absolute Gasteiger partial charge is 0.478 e. The zero-order valence-corrected chi connectivity index (χ0v) is 10.1. The molecule has 0 aromatic carbocycles. The second-order valence-corrected chi connectivity index (χ2v) is 4.19. The lowest BCUT2D eigenvalue weighted by atomic mass is 10.2. The summed E-state index contributed by atoms with van der Waals surface area (Å²) in [6.07, 6.45) is 11.1. The molecule has 0 amide bonds. The Kier molecular flexibility index (Phi) is 5.66. The molecule has 0 saturated carbocycles. The van der Waals surface area contributed by atoms with Gasteiger partial charge in [-0.25, -0.2) is 9.59 Å². The van der Waals surface area contributed by atoms with E-state index in [2.05, 4.69) is 23.2 Å². The SMILES string of the molecule is C1=CC2=CCSC2=CC=N1.O=C(O)/C=C/C(=O)O. The van der Waals surface area contributed by atoms with E-state index in [0.717, 1.165) is 5.75 Å². The van der Waals surface area contributed by atoms with Gasteiger partial charge in [-0.05, 0) is 17.7 Å². The zero-order valence-electron chi connectivity index (χ0n) is 9.31. The molecule has 0 fully saturated rings. The summed E-state index contributed by atoms with van der Waals surface area (Å²) in [6.45, 7) is 0. The van der Waals surface area contributed by atoms with Gasteiger partial charge in [-0.2, -0.15) is 0 Å². The van der Waals surface area contributed by atoms with Crippen molar-refractivity contribution in [3.63, 3.8) is 0 Å². The Bertz CT molecular complexity index is 470. The van der Waals surface area contributed by atoms with Gasteiger partial charge >= 0.3 is 11.9 Å². The molecule has 2 aliphatic heterocycles. The smallest absolute Gasteiger partial charge is 0.328 e. The van der Waals surface area contributed by atoms with Crippen molar-refractivity contribution in [2.45, 2.75) is 0 Å². The van der Waals surface area contributed by atoms with E-state index in [1.807, 2.05) is 24.2 Å². The molecule has 18 heavy (non-hydrogen) atoms. The van der Waals surface area contributed by atoms with Gasteiger partial charge in [-0.1, -0.05) is 6.08 Å². The molecule has 2 rings (SSSR count). The summed E-state index contributed by atoms with van der Waals surface area (Å²) in [6, 6.07) is 0. The highest BCUT2D eigenvalue weighted by molar-refractivity contribution is 8.03. The van der Waals surface area contributed by atoms with Crippen molar-refractivity contribution in [1.82, 2.24) is 0 Å². The van der Waals surface area contributed by atoms with Crippen LogP contribution in [0, 0.1) is 0 Å². The van der Waals surface area contributed by atoms with Gasteiger partial charge in [0.1, 0.15) is 0 Å². The van der Waals surface area contributed by atoms with E-state index in [4.69, 9.17) is 10.2 Å². The molecular formula is C12H11NO4S. The number of fused-ring (bicyclic) bond motifs is 1. The maximum absolute atomic E-state index is 9.55. The molecule has 2 N–H and O–H groups in total. The first-order chi connectivity index (χ1) is 8.59.